The predicted octanol–water partition coefficient (Wildman–Crippen LogP) is 2.56. The first kappa shape index (κ1) is 12.5. The molecule has 1 aromatic carbocycles. The second kappa shape index (κ2) is 4.55. The normalized spacial score (nSPS) is 11.5. The molecule has 0 radical (unpaired) electrons. The van der Waals surface area contributed by atoms with Gasteiger partial charge >= 0.3 is 0 Å². The molecule has 0 bridgehead atoms. The summed E-state index contributed by atoms with van der Waals surface area (Å²) in [5.41, 5.74) is 0.0949. The van der Waals surface area contributed by atoms with Crippen LogP contribution in [0, 0.1) is 5.82 Å². The Morgan fingerprint density at radius 3 is 2.53 bits per heavy atom. The lowest BCUT2D eigenvalue weighted by atomic mass is 10.2. The Morgan fingerprint density at radius 2 is 2.07 bits per heavy atom. The summed E-state index contributed by atoms with van der Waals surface area (Å²) in [5, 5.41) is 0.0867. The fraction of sp³-hybridized carbons (Fsp3) is 0.250. The quantitative estimate of drug-likeness (QED) is 0.795. The van der Waals surface area contributed by atoms with E-state index in [9.17, 15) is 12.8 Å². The first-order chi connectivity index (χ1) is 6.83. The fourth-order valence-corrected chi connectivity index (χ4v) is 2.30. The molecule has 0 spiro atoms. The molecule has 15 heavy (non-hydrogen) atoms. The van der Waals surface area contributed by atoms with Crippen LogP contribution in [0.25, 0.3) is 0 Å². The summed E-state index contributed by atoms with van der Waals surface area (Å²) < 4.78 is 39.6. The number of hydrogen-bond acceptors (Lipinski definition) is 3. The molecule has 1 aromatic rings. The molecule has 1 rings (SSSR count). The van der Waals surface area contributed by atoms with Gasteiger partial charge in [0.25, 0.3) is 0 Å². The number of rotatable bonds is 3. The molecular formula is C8H7Cl2FO3S. The Bertz CT molecular complexity index is 473. The number of halogens is 3. The van der Waals surface area contributed by atoms with Gasteiger partial charge in [-0.3, -0.25) is 0 Å². The van der Waals surface area contributed by atoms with Crippen molar-refractivity contribution in [2.24, 2.45) is 0 Å². The fourth-order valence-electron chi connectivity index (χ4n) is 1.14. The third kappa shape index (κ3) is 3.52. The average molecular weight is 273 g/mol. The summed E-state index contributed by atoms with van der Waals surface area (Å²) in [6, 6.07) is 2.33. The second-order valence-electron chi connectivity index (χ2n) is 2.76. The summed E-state index contributed by atoms with van der Waals surface area (Å²) in [4.78, 5) is 0. The Kier molecular flexibility index (Phi) is 3.81. The van der Waals surface area contributed by atoms with Crippen molar-refractivity contribution in [3.63, 3.8) is 0 Å². The maximum atomic E-state index is 13.2. The number of methoxy groups -OCH3 is 1. The van der Waals surface area contributed by atoms with Gasteiger partial charge in [-0.2, -0.15) is 0 Å². The lowest BCUT2D eigenvalue weighted by Gasteiger charge is -2.08. The Labute approximate surface area is 96.2 Å². The highest BCUT2D eigenvalue weighted by atomic mass is 35.7. The van der Waals surface area contributed by atoms with Gasteiger partial charge in [0, 0.05) is 21.3 Å². The van der Waals surface area contributed by atoms with Gasteiger partial charge in [-0.1, -0.05) is 11.6 Å². The Balaban J connectivity index is 3.27. The molecule has 7 heteroatoms. The summed E-state index contributed by atoms with van der Waals surface area (Å²) in [5.74, 6) is -1.42. The topological polar surface area (TPSA) is 43.4 Å². The minimum atomic E-state index is -3.78. The molecule has 0 amide bonds. The van der Waals surface area contributed by atoms with Crippen molar-refractivity contribution in [1.82, 2.24) is 0 Å². The maximum absolute atomic E-state index is 13.2. The van der Waals surface area contributed by atoms with Gasteiger partial charge in [0.2, 0.25) is 9.05 Å². The van der Waals surface area contributed by atoms with Crippen LogP contribution in [0.2, 0.25) is 5.02 Å². The van der Waals surface area contributed by atoms with E-state index in [1.54, 1.807) is 0 Å². The number of hydrogen-bond donors (Lipinski definition) is 0. The van der Waals surface area contributed by atoms with Gasteiger partial charge in [0.1, 0.15) is 0 Å². The lowest BCUT2D eigenvalue weighted by molar-refractivity contribution is 0.383. The third-order valence-electron chi connectivity index (χ3n) is 1.62. The molecule has 0 N–H and O–H groups in total. The van der Waals surface area contributed by atoms with E-state index in [4.69, 9.17) is 27.0 Å². The van der Waals surface area contributed by atoms with Crippen molar-refractivity contribution < 1.29 is 17.5 Å². The number of ether oxygens (including phenoxy) is 1. The Morgan fingerprint density at radius 1 is 1.47 bits per heavy atom. The zero-order valence-corrected chi connectivity index (χ0v) is 9.96. The van der Waals surface area contributed by atoms with E-state index in [1.165, 1.54) is 13.2 Å². The van der Waals surface area contributed by atoms with Crippen molar-refractivity contribution in [2.45, 2.75) is 5.75 Å². The minimum absolute atomic E-state index is 0.0867. The van der Waals surface area contributed by atoms with E-state index in [1.807, 2.05) is 0 Å². The largest absolute Gasteiger partial charge is 0.493 e. The summed E-state index contributed by atoms with van der Waals surface area (Å²) in [7, 11) is 2.51. The minimum Gasteiger partial charge on any atom is -0.493 e. The van der Waals surface area contributed by atoms with Gasteiger partial charge in [0.05, 0.1) is 12.9 Å². The van der Waals surface area contributed by atoms with Crippen LogP contribution < -0.4 is 4.74 Å². The van der Waals surface area contributed by atoms with Crippen LogP contribution in [0.1, 0.15) is 5.56 Å². The number of benzene rings is 1. The molecule has 0 atom stereocenters. The van der Waals surface area contributed by atoms with E-state index >= 15 is 0 Å². The summed E-state index contributed by atoms with van der Waals surface area (Å²) in [6.07, 6.45) is 0. The molecule has 0 unspecified atom stereocenters. The van der Waals surface area contributed by atoms with Crippen LogP contribution in [0.15, 0.2) is 12.1 Å². The van der Waals surface area contributed by atoms with Gasteiger partial charge in [-0.15, -0.1) is 0 Å². The maximum Gasteiger partial charge on any atom is 0.236 e. The second-order valence-corrected chi connectivity index (χ2v) is 5.98. The van der Waals surface area contributed by atoms with Crippen molar-refractivity contribution in [3.05, 3.63) is 28.5 Å². The lowest BCUT2D eigenvalue weighted by Crippen LogP contribution is -2.00. The molecule has 84 valence electrons. The molecular weight excluding hydrogens is 266 g/mol. The zero-order valence-electron chi connectivity index (χ0n) is 7.63. The molecule has 0 heterocycles. The first-order valence-corrected chi connectivity index (χ1v) is 6.63. The molecule has 0 saturated heterocycles. The highest BCUT2D eigenvalue weighted by molar-refractivity contribution is 8.13. The van der Waals surface area contributed by atoms with Gasteiger partial charge < -0.3 is 4.74 Å². The van der Waals surface area contributed by atoms with Crippen LogP contribution in [-0.4, -0.2) is 15.5 Å². The highest BCUT2D eigenvalue weighted by Crippen LogP contribution is 2.28. The molecule has 3 nitrogen and oxygen atoms in total. The molecule has 0 aliphatic heterocycles. The van der Waals surface area contributed by atoms with Gasteiger partial charge in [-0.05, 0) is 12.1 Å². The van der Waals surface area contributed by atoms with Crippen LogP contribution >= 0.6 is 22.3 Å². The van der Waals surface area contributed by atoms with Crippen molar-refractivity contribution in [2.75, 3.05) is 7.11 Å². The average Bonchev–Trinajstić information content (AvgIpc) is 1.99. The molecule has 0 aliphatic carbocycles. The van der Waals surface area contributed by atoms with Gasteiger partial charge in [0.15, 0.2) is 11.6 Å². The van der Waals surface area contributed by atoms with Crippen LogP contribution in [0.3, 0.4) is 0 Å². The van der Waals surface area contributed by atoms with Crippen LogP contribution in [0.4, 0.5) is 4.39 Å². The highest BCUT2D eigenvalue weighted by Gasteiger charge is 2.16. The predicted molar refractivity (Wildman–Crippen MR) is 56.4 cm³/mol. The summed E-state index contributed by atoms with van der Waals surface area (Å²) >= 11 is 5.57. The van der Waals surface area contributed by atoms with Crippen molar-refractivity contribution >= 4 is 31.3 Å². The molecule has 0 aromatic heterocycles. The first-order valence-electron chi connectivity index (χ1n) is 3.77. The summed E-state index contributed by atoms with van der Waals surface area (Å²) in [6.45, 7) is 0. The van der Waals surface area contributed by atoms with E-state index < -0.39 is 20.6 Å². The SMILES string of the molecule is COc1c(F)cc(Cl)cc1CS(=O)(=O)Cl. The third-order valence-corrected chi connectivity index (χ3v) is 2.82. The van der Waals surface area contributed by atoms with Gasteiger partial charge in [-0.25, -0.2) is 12.8 Å². The molecule has 0 aliphatic rings. The van der Waals surface area contributed by atoms with Crippen molar-refractivity contribution in [1.29, 1.82) is 0 Å². The standard InChI is InChI=1S/C8H7Cl2FO3S/c1-14-8-5(4-15(10,12)13)2-6(9)3-7(8)11/h2-3H,4H2,1H3. The van der Waals surface area contributed by atoms with Crippen LogP contribution in [0.5, 0.6) is 5.75 Å². The van der Waals surface area contributed by atoms with E-state index in [0.29, 0.717) is 0 Å². The van der Waals surface area contributed by atoms with E-state index in [0.717, 1.165) is 6.07 Å². The van der Waals surface area contributed by atoms with E-state index in [-0.39, 0.29) is 16.3 Å². The van der Waals surface area contributed by atoms with Crippen molar-refractivity contribution in [3.8, 4) is 5.75 Å². The van der Waals surface area contributed by atoms with Crippen LogP contribution in [-0.2, 0) is 14.8 Å². The zero-order chi connectivity index (χ0) is 11.6. The smallest absolute Gasteiger partial charge is 0.236 e. The monoisotopic (exact) mass is 272 g/mol. The Hall–Kier alpha value is -0.520. The molecule has 0 fully saturated rings. The van der Waals surface area contributed by atoms with E-state index in [2.05, 4.69) is 0 Å². The molecule has 0 saturated carbocycles.